The van der Waals surface area contributed by atoms with E-state index in [4.69, 9.17) is 9.47 Å². The van der Waals surface area contributed by atoms with Crippen LogP contribution < -0.4 is 4.74 Å². The molecule has 0 bridgehead atoms. The third-order valence-electron chi connectivity index (χ3n) is 5.46. The summed E-state index contributed by atoms with van der Waals surface area (Å²) >= 11 is 0. The lowest BCUT2D eigenvalue weighted by molar-refractivity contribution is -0.264. The van der Waals surface area contributed by atoms with Gasteiger partial charge in [-0.1, -0.05) is 18.2 Å². The minimum atomic E-state index is -6.21. The first-order chi connectivity index (χ1) is 17.0. The van der Waals surface area contributed by atoms with Gasteiger partial charge in [-0.25, -0.2) is 13.2 Å². The molecule has 0 radical (unpaired) electrons. The van der Waals surface area contributed by atoms with E-state index in [1.165, 1.54) is 12.1 Å². The van der Waals surface area contributed by atoms with Crippen molar-refractivity contribution in [1.82, 2.24) is 0 Å². The molecule has 0 spiro atoms. The standard InChI is InChI=1S/C25H22F2O7S2/c1-24(32-16-5-17-33-24)18-8-12-21(13-9-18)35(20-6-3-2-4-7-20)22-14-10-19(11-15-22)34-23(28)25(26,27)36(29,30)31/h2-4,6-15H,5,16-17H2,1H3. The smallest absolute Gasteiger partial charge is 0.429 e. The minimum absolute atomic E-state index is 0.321. The van der Waals surface area contributed by atoms with E-state index < -0.39 is 38.0 Å². The van der Waals surface area contributed by atoms with Crippen molar-refractivity contribution in [3.63, 3.8) is 0 Å². The van der Waals surface area contributed by atoms with Gasteiger partial charge in [-0.3, -0.25) is 0 Å². The normalized spacial score (nSPS) is 16.8. The molecular formula is C25H22F2O7S2. The van der Waals surface area contributed by atoms with Gasteiger partial charge in [-0.05, 0) is 74.0 Å². The SMILES string of the molecule is CC1(c2ccc([S+](c3ccccc3)c3ccc(OC(=O)C(F)(F)S(=O)(=O)[O-])cc3)cc2)OCCCO1. The highest BCUT2D eigenvalue weighted by molar-refractivity contribution is 7.97. The second-order valence-electron chi connectivity index (χ2n) is 7.97. The number of benzene rings is 3. The summed E-state index contributed by atoms with van der Waals surface area (Å²) in [6.07, 6.45) is 0.834. The van der Waals surface area contributed by atoms with Crippen LogP contribution in [0.1, 0.15) is 18.9 Å². The first kappa shape index (κ1) is 26.2. The number of ether oxygens (including phenoxy) is 3. The quantitative estimate of drug-likeness (QED) is 0.190. The van der Waals surface area contributed by atoms with Crippen molar-refractivity contribution in [3.8, 4) is 5.75 Å². The maximum Gasteiger partial charge on any atom is 0.429 e. The summed E-state index contributed by atoms with van der Waals surface area (Å²) in [7, 11) is -6.82. The van der Waals surface area contributed by atoms with E-state index in [1.54, 1.807) is 12.1 Å². The van der Waals surface area contributed by atoms with Crippen LogP contribution in [-0.2, 0) is 41.1 Å². The molecule has 1 fully saturated rings. The van der Waals surface area contributed by atoms with Crippen LogP contribution in [0.15, 0.2) is 93.5 Å². The van der Waals surface area contributed by atoms with Crippen LogP contribution >= 0.6 is 0 Å². The van der Waals surface area contributed by atoms with Gasteiger partial charge in [0, 0.05) is 5.56 Å². The number of carbonyl (C=O) groups is 1. The molecule has 1 aliphatic rings. The third-order valence-corrected chi connectivity index (χ3v) is 8.48. The summed E-state index contributed by atoms with van der Waals surface area (Å²) in [6, 6.07) is 23.1. The van der Waals surface area contributed by atoms with Crippen molar-refractivity contribution in [2.75, 3.05) is 13.2 Å². The van der Waals surface area contributed by atoms with Crippen molar-refractivity contribution < 1.29 is 40.8 Å². The van der Waals surface area contributed by atoms with Crippen LogP contribution in [0.3, 0.4) is 0 Å². The Kier molecular flexibility index (Phi) is 7.48. The molecule has 1 aliphatic heterocycles. The molecule has 190 valence electrons. The number of halogens is 2. The molecule has 1 unspecified atom stereocenters. The number of hydrogen-bond acceptors (Lipinski definition) is 7. The van der Waals surface area contributed by atoms with E-state index in [1.807, 2.05) is 61.5 Å². The van der Waals surface area contributed by atoms with E-state index in [0.29, 0.717) is 13.2 Å². The molecule has 0 aliphatic carbocycles. The lowest BCUT2D eigenvalue weighted by Gasteiger charge is -2.34. The number of carbonyl (C=O) groups excluding carboxylic acids is 1. The number of alkyl halides is 2. The summed E-state index contributed by atoms with van der Waals surface area (Å²) < 4.78 is 75.1. The average Bonchev–Trinajstić information content (AvgIpc) is 2.86. The Morgan fingerprint density at radius 3 is 1.94 bits per heavy atom. The maximum atomic E-state index is 13.5. The van der Waals surface area contributed by atoms with Crippen LogP contribution in [0.4, 0.5) is 8.78 Å². The first-order valence-electron chi connectivity index (χ1n) is 10.8. The molecule has 4 rings (SSSR count). The van der Waals surface area contributed by atoms with E-state index in [-0.39, 0.29) is 5.75 Å². The van der Waals surface area contributed by atoms with E-state index in [9.17, 15) is 26.5 Å². The Labute approximate surface area is 210 Å². The summed E-state index contributed by atoms with van der Waals surface area (Å²) in [6.45, 7) is 3.09. The zero-order chi connectivity index (χ0) is 26.0. The van der Waals surface area contributed by atoms with Gasteiger partial charge < -0.3 is 18.8 Å². The number of esters is 1. The molecule has 0 aromatic heterocycles. The van der Waals surface area contributed by atoms with Crippen molar-refractivity contribution in [2.24, 2.45) is 0 Å². The highest BCUT2D eigenvalue weighted by Crippen LogP contribution is 2.35. The van der Waals surface area contributed by atoms with E-state index in [0.717, 1.165) is 26.7 Å². The van der Waals surface area contributed by atoms with Gasteiger partial charge in [0.05, 0.1) is 24.1 Å². The Morgan fingerprint density at radius 1 is 0.917 bits per heavy atom. The molecule has 0 saturated carbocycles. The molecule has 0 N–H and O–H groups in total. The van der Waals surface area contributed by atoms with E-state index in [2.05, 4.69) is 4.74 Å². The summed E-state index contributed by atoms with van der Waals surface area (Å²) in [4.78, 5) is 14.3. The predicted molar refractivity (Wildman–Crippen MR) is 126 cm³/mol. The lowest BCUT2D eigenvalue weighted by Crippen LogP contribution is -2.40. The largest absolute Gasteiger partial charge is 0.743 e. The molecule has 1 heterocycles. The van der Waals surface area contributed by atoms with Gasteiger partial charge in [-0.15, -0.1) is 0 Å². The monoisotopic (exact) mass is 536 g/mol. The molecule has 3 aromatic rings. The Balaban J connectivity index is 1.62. The van der Waals surface area contributed by atoms with Crippen molar-refractivity contribution in [3.05, 3.63) is 84.4 Å². The van der Waals surface area contributed by atoms with Crippen LogP contribution in [0.5, 0.6) is 5.75 Å². The van der Waals surface area contributed by atoms with Gasteiger partial charge in [0.1, 0.15) is 5.75 Å². The molecule has 11 heteroatoms. The lowest BCUT2D eigenvalue weighted by atomic mass is 10.1. The fourth-order valence-corrected chi connectivity index (χ4v) is 5.88. The highest BCUT2D eigenvalue weighted by Gasteiger charge is 2.49. The summed E-state index contributed by atoms with van der Waals surface area (Å²) in [5, 5.41) is -5.19. The zero-order valence-corrected chi connectivity index (χ0v) is 20.7. The van der Waals surface area contributed by atoms with Crippen molar-refractivity contribution in [2.45, 2.75) is 39.1 Å². The van der Waals surface area contributed by atoms with Crippen molar-refractivity contribution in [1.29, 1.82) is 0 Å². The van der Waals surface area contributed by atoms with Crippen LogP contribution in [-0.4, -0.2) is 37.4 Å². The minimum Gasteiger partial charge on any atom is -0.743 e. The molecule has 3 aromatic carbocycles. The second-order valence-corrected chi connectivity index (χ2v) is 11.4. The molecule has 7 nitrogen and oxygen atoms in total. The van der Waals surface area contributed by atoms with E-state index >= 15 is 0 Å². The Morgan fingerprint density at radius 2 is 1.42 bits per heavy atom. The molecule has 0 amide bonds. The van der Waals surface area contributed by atoms with Gasteiger partial charge in [0.15, 0.2) is 30.6 Å². The van der Waals surface area contributed by atoms with Crippen LogP contribution in [0, 0.1) is 0 Å². The Hall–Kier alpha value is -2.83. The van der Waals surface area contributed by atoms with Gasteiger partial charge in [-0.2, -0.15) is 8.78 Å². The number of rotatable bonds is 7. The average molecular weight is 537 g/mol. The first-order valence-corrected chi connectivity index (χ1v) is 13.5. The summed E-state index contributed by atoms with van der Waals surface area (Å²) in [5.41, 5.74) is 0.874. The molecule has 1 atom stereocenters. The molecule has 36 heavy (non-hydrogen) atoms. The summed E-state index contributed by atoms with van der Waals surface area (Å²) in [5.74, 6) is -3.60. The molecular weight excluding hydrogens is 514 g/mol. The Bertz CT molecular complexity index is 1310. The number of hydrogen-bond donors (Lipinski definition) is 0. The molecule has 1 saturated heterocycles. The van der Waals surface area contributed by atoms with Gasteiger partial charge in [0.25, 0.3) is 0 Å². The zero-order valence-electron chi connectivity index (χ0n) is 19.1. The van der Waals surface area contributed by atoms with Crippen LogP contribution in [0.25, 0.3) is 0 Å². The fourth-order valence-electron chi connectivity index (χ4n) is 3.57. The third kappa shape index (κ3) is 5.45. The van der Waals surface area contributed by atoms with Gasteiger partial charge >= 0.3 is 11.2 Å². The van der Waals surface area contributed by atoms with Crippen molar-refractivity contribution >= 4 is 27.0 Å². The second kappa shape index (κ2) is 10.3. The predicted octanol–water partition coefficient (Wildman–Crippen LogP) is 4.44. The fraction of sp³-hybridized carbons (Fsp3) is 0.240. The topological polar surface area (TPSA) is 102 Å². The highest BCUT2D eigenvalue weighted by atomic mass is 32.2. The van der Waals surface area contributed by atoms with Gasteiger partial charge in [0.2, 0.25) is 0 Å². The maximum absolute atomic E-state index is 13.5. The van der Waals surface area contributed by atoms with Crippen LogP contribution in [0.2, 0.25) is 0 Å².